The molecule has 1 aromatic rings. The lowest BCUT2D eigenvalue weighted by Crippen LogP contribution is -2.45. The van der Waals surface area contributed by atoms with Crippen LogP contribution in [0.3, 0.4) is 0 Å². The number of rotatable bonds is 6. The van der Waals surface area contributed by atoms with Gasteiger partial charge in [0.15, 0.2) is 0 Å². The SMILES string of the molecule is C=CCN(C)C(=O)N[C@@H]1CCN(C2CC2)[C@@H]1c1cccc(OC)c1. The minimum absolute atomic E-state index is 0.0366. The molecule has 1 aliphatic heterocycles. The number of nitrogens with one attached hydrogen (secondary N) is 1. The van der Waals surface area contributed by atoms with E-state index in [1.807, 2.05) is 12.1 Å². The Morgan fingerprint density at radius 2 is 2.25 bits per heavy atom. The minimum Gasteiger partial charge on any atom is -0.497 e. The van der Waals surface area contributed by atoms with E-state index in [2.05, 4.69) is 28.9 Å². The van der Waals surface area contributed by atoms with Gasteiger partial charge in [-0.2, -0.15) is 0 Å². The van der Waals surface area contributed by atoms with Crippen molar-refractivity contribution >= 4 is 6.03 Å². The zero-order valence-corrected chi connectivity index (χ0v) is 14.6. The number of hydrogen-bond donors (Lipinski definition) is 1. The monoisotopic (exact) mass is 329 g/mol. The highest BCUT2D eigenvalue weighted by molar-refractivity contribution is 5.74. The fourth-order valence-electron chi connectivity index (χ4n) is 3.58. The smallest absolute Gasteiger partial charge is 0.317 e. The first-order valence-electron chi connectivity index (χ1n) is 8.66. The normalized spacial score (nSPS) is 23.8. The number of carbonyl (C=O) groups is 1. The number of hydrogen-bond acceptors (Lipinski definition) is 3. The molecule has 5 nitrogen and oxygen atoms in total. The van der Waals surface area contributed by atoms with Gasteiger partial charge in [0.25, 0.3) is 0 Å². The lowest BCUT2D eigenvalue weighted by Gasteiger charge is -2.30. The number of methoxy groups -OCH3 is 1. The van der Waals surface area contributed by atoms with Crippen molar-refractivity contribution in [1.82, 2.24) is 15.1 Å². The van der Waals surface area contributed by atoms with E-state index in [1.54, 1.807) is 25.1 Å². The van der Waals surface area contributed by atoms with Crippen LogP contribution in [0.25, 0.3) is 0 Å². The number of likely N-dealkylation sites (tertiary alicyclic amines) is 1. The van der Waals surface area contributed by atoms with Gasteiger partial charge in [-0.3, -0.25) is 4.90 Å². The first kappa shape index (κ1) is 16.8. The molecule has 2 fully saturated rings. The molecule has 1 heterocycles. The van der Waals surface area contributed by atoms with Crippen molar-refractivity contribution in [3.05, 3.63) is 42.5 Å². The van der Waals surface area contributed by atoms with Gasteiger partial charge in [0.2, 0.25) is 0 Å². The minimum atomic E-state index is -0.0366. The van der Waals surface area contributed by atoms with Crippen LogP contribution in [0, 0.1) is 0 Å². The summed E-state index contributed by atoms with van der Waals surface area (Å²) < 4.78 is 5.39. The fraction of sp³-hybridized carbons (Fsp3) is 0.526. The van der Waals surface area contributed by atoms with Crippen molar-refractivity contribution in [2.24, 2.45) is 0 Å². The summed E-state index contributed by atoms with van der Waals surface area (Å²) in [6, 6.07) is 9.19. The summed E-state index contributed by atoms with van der Waals surface area (Å²) in [4.78, 5) is 16.6. The second-order valence-corrected chi connectivity index (χ2v) is 6.70. The molecular formula is C19H27N3O2. The number of carbonyl (C=O) groups excluding carboxylic acids is 1. The third kappa shape index (κ3) is 3.56. The van der Waals surface area contributed by atoms with Crippen LogP contribution in [0.15, 0.2) is 36.9 Å². The highest BCUT2D eigenvalue weighted by Crippen LogP contribution is 2.41. The topological polar surface area (TPSA) is 44.8 Å². The molecule has 5 heteroatoms. The molecule has 1 saturated carbocycles. The molecule has 24 heavy (non-hydrogen) atoms. The largest absolute Gasteiger partial charge is 0.497 e. The van der Waals surface area contributed by atoms with Crippen LogP contribution < -0.4 is 10.1 Å². The molecule has 1 saturated heterocycles. The van der Waals surface area contributed by atoms with E-state index in [-0.39, 0.29) is 18.1 Å². The standard InChI is InChI=1S/C19H27N3O2/c1-4-11-21(2)19(23)20-17-10-12-22(15-8-9-15)18(17)14-6-5-7-16(13-14)24-3/h4-7,13,15,17-18H,1,8-12H2,2-3H3,(H,20,23)/t17-,18-/m1/s1. The van der Waals surface area contributed by atoms with Crippen molar-refractivity contribution in [3.8, 4) is 5.75 Å². The van der Waals surface area contributed by atoms with Crippen LogP contribution >= 0.6 is 0 Å². The molecule has 0 unspecified atom stereocenters. The molecule has 1 N–H and O–H groups in total. The molecule has 0 bridgehead atoms. The van der Waals surface area contributed by atoms with E-state index in [0.29, 0.717) is 12.6 Å². The molecule has 2 aliphatic rings. The predicted octanol–water partition coefficient (Wildman–Crippen LogP) is 2.80. The van der Waals surface area contributed by atoms with Crippen molar-refractivity contribution < 1.29 is 9.53 Å². The first-order chi connectivity index (χ1) is 11.6. The number of urea groups is 1. The Bertz CT molecular complexity index is 600. The summed E-state index contributed by atoms with van der Waals surface area (Å²) in [5, 5.41) is 3.22. The Morgan fingerprint density at radius 1 is 1.46 bits per heavy atom. The average molecular weight is 329 g/mol. The number of nitrogens with zero attached hydrogens (tertiary/aromatic N) is 2. The summed E-state index contributed by atoms with van der Waals surface area (Å²) in [5.41, 5.74) is 1.22. The maximum absolute atomic E-state index is 12.4. The molecule has 3 rings (SSSR count). The van der Waals surface area contributed by atoms with Gasteiger partial charge in [-0.25, -0.2) is 4.79 Å². The van der Waals surface area contributed by atoms with Crippen molar-refractivity contribution in [2.75, 3.05) is 27.2 Å². The molecular weight excluding hydrogens is 302 g/mol. The Hall–Kier alpha value is -2.01. The van der Waals surface area contributed by atoms with Gasteiger partial charge in [0.1, 0.15) is 5.75 Å². The highest BCUT2D eigenvalue weighted by Gasteiger charge is 2.43. The highest BCUT2D eigenvalue weighted by atomic mass is 16.5. The molecule has 2 atom stereocenters. The Kier molecular flexibility index (Phi) is 5.09. The summed E-state index contributed by atoms with van der Waals surface area (Å²) in [6.07, 6.45) is 5.24. The van der Waals surface area contributed by atoms with Gasteiger partial charge in [-0.1, -0.05) is 18.2 Å². The second-order valence-electron chi connectivity index (χ2n) is 6.70. The molecule has 0 radical (unpaired) electrons. The predicted molar refractivity (Wildman–Crippen MR) is 95.2 cm³/mol. The van der Waals surface area contributed by atoms with Crippen LogP contribution in [-0.2, 0) is 0 Å². The molecule has 1 aliphatic carbocycles. The van der Waals surface area contributed by atoms with Gasteiger partial charge in [0.05, 0.1) is 19.2 Å². The first-order valence-corrected chi connectivity index (χ1v) is 8.66. The number of benzene rings is 1. The maximum atomic E-state index is 12.4. The van der Waals surface area contributed by atoms with Gasteiger partial charge < -0.3 is 15.0 Å². The van der Waals surface area contributed by atoms with E-state index >= 15 is 0 Å². The van der Waals surface area contributed by atoms with Crippen molar-refractivity contribution in [2.45, 2.75) is 37.4 Å². The zero-order chi connectivity index (χ0) is 17.1. The molecule has 0 spiro atoms. The lowest BCUT2D eigenvalue weighted by molar-refractivity contribution is 0.195. The average Bonchev–Trinajstić information content (AvgIpc) is 3.36. The molecule has 2 amide bonds. The summed E-state index contributed by atoms with van der Waals surface area (Å²) in [6.45, 7) is 5.28. The summed E-state index contributed by atoms with van der Waals surface area (Å²) >= 11 is 0. The van der Waals surface area contributed by atoms with Gasteiger partial charge in [-0.05, 0) is 37.0 Å². The molecule has 130 valence electrons. The third-order valence-corrected chi connectivity index (χ3v) is 4.95. The fourth-order valence-corrected chi connectivity index (χ4v) is 3.58. The van der Waals surface area contributed by atoms with Crippen LogP contribution in [0.4, 0.5) is 4.79 Å². The van der Waals surface area contributed by atoms with Gasteiger partial charge >= 0.3 is 6.03 Å². The molecule has 0 aromatic heterocycles. The number of ether oxygens (including phenoxy) is 1. The van der Waals surface area contributed by atoms with E-state index in [1.165, 1.54) is 18.4 Å². The Balaban J connectivity index is 1.79. The Morgan fingerprint density at radius 3 is 2.92 bits per heavy atom. The summed E-state index contributed by atoms with van der Waals surface area (Å²) in [5.74, 6) is 0.865. The van der Waals surface area contributed by atoms with Gasteiger partial charge in [-0.15, -0.1) is 6.58 Å². The summed E-state index contributed by atoms with van der Waals surface area (Å²) in [7, 11) is 3.49. The third-order valence-electron chi connectivity index (χ3n) is 4.95. The second kappa shape index (κ2) is 7.26. The molecule has 1 aromatic carbocycles. The lowest BCUT2D eigenvalue weighted by atomic mass is 9.99. The van der Waals surface area contributed by atoms with E-state index < -0.39 is 0 Å². The van der Waals surface area contributed by atoms with Crippen LogP contribution in [0.2, 0.25) is 0 Å². The quantitative estimate of drug-likeness (QED) is 0.816. The Labute approximate surface area is 144 Å². The van der Waals surface area contributed by atoms with Crippen LogP contribution in [0.1, 0.15) is 30.9 Å². The van der Waals surface area contributed by atoms with E-state index in [9.17, 15) is 4.79 Å². The van der Waals surface area contributed by atoms with E-state index in [4.69, 9.17) is 4.74 Å². The number of amides is 2. The van der Waals surface area contributed by atoms with Crippen LogP contribution in [0.5, 0.6) is 5.75 Å². The maximum Gasteiger partial charge on any atom is 0.317 e. The van der Waals surface area contributed by atoms with Crippen LogP contribution in [-0.4, -0.2) is 55.2 Å². The van der Waals surface area contributed by atoms with E-state index in [0.717, 1.165) is 18.7 Å². The van der Waals surface area contributed by atoms with Crippen molar-refractivity contribution in [3.63, 3.8) is 0 Å². The number of likely N-dealkylation sites (N-methyl/N-ethyl adjacent to an activating group) is 1. The van der Waals surface area contributed by atoms with Gasteiger partial charge in [0, 0.05) is 26.2 Å². The van der Waals surface area contributed by atoms with Crippen molar-refractivity contribution in [1.29, 1.82) is 0 Å². The zero-order valence-electron chi connectivity index (χ0n) is 14.6.